The van der Waals surface area contributed by atoms with E-state index in [9.17, 15) is 14.7 Å². The van der Waals surface area contributed by atoms with Gasteiger partial charge in [0.25, 0.3) is 5.91 Å². The third-order valence-corrected chi connectivity index (χ3v) is 3.07. The normalized spacial score (nSPS) is 11.5. The number of amides is 2. The molecule has 0 aliphatic heterocycles. The van der Waals surface area contributed by atoms with E-state index in [0.29, 0.717) is 11.3 Å². The van der Waals surface area contributed by atoms with Crippen molar-refractivity contribution >= 4 is 17.5 Å². The molecule has 1 atom stereocenters. The Labute approximate surface area is 129 Å². The van der Waals surface area contributed by atoms with E-state index < -0.39 is 12.0 Å². The maximum atomic E-state index is 11.8. The van der Waals surface area contributed by atoms with Crippen LogP contribution >= 0.6 is 0 Å². The topological polar surface area (TPSA) is 78.4 Å². The molecule has 2 amide bonds. The standard InChI is InChI=1S/C17H18N2O3/c20-15(19-14-9-5-2-6-10-14)11-12-18-17(22)16(21)13-7-3-1-4-8-13/h1-10,16,21H,11-12H2,(H,18,22)(H,19,20). The van der Waals surface area contributed by atoms with Crippen LogP contribution < -0.4 is 10.6 Å². The first kappa shape index (κ1) is 15.7. The Bertz CT molecular complexity index is 614. The number of para-hydroxylation sites is 1. The molecular weight excluding hydrogens is 280 g/mol. The van der Waals surface area contributed by atoms with Gasteiger partial charge in [0.2, 0.25) is 5.91 Å². The highest BCUT2D eigenvalue weighted by Gasteiger charge is 2.16. The molecule has 3 N–H and O–H groups in total. The minimum Gasteiger partial charge on any atom is -0.378 e. The zero-order valence-electron chi connectivity index (χ0n) is 12.0. The number of benzene rings is 2. The van der Waals surface area contributed by atoms with Gasteiger partial charge >= 0.3 is 0 Å². The summed E-state index contributed by atoms with van der Waals surface area (Å²) in [5.41, 5.74) is 1.23. The van der Waals surface area contributed by atoms with Crippen molar-refractivity contribution < 1.29 is 14.7 Å². The van der Waals surface area contributed by atoms with Crippen LogP contribution in [0.1, 0.15) is 18.1 Å². The van der Waals surface area contributed by atoms with Gasteiger partial charge in [-0.2, -0.15) is 0 Å². The zero-order chi connectivity index (χ0) is 15.8. The second kappa shape index (κ2) is 7.95. The lowest BCUT2D eigenvalue weighted by Crippen LogP contribution is -2.32. The summed E-state index contributed by atoms with van der Waals surface area (Å²) in [6.07, 6.45) is -1.08. The van der Waals surface area contributed by atoms with E-state index in [0.717, 1.165) is 0 Å². The molecule has 0 saturated carbocycles. The molecule has 2 rings (SSSR count). The Balaban J connectivity index is 1.74. The van der Waals surface area contributed by atoms with Crippen molar-refractivity contribution in [3.63, 3.8) is 0 Å². The number of anilines is 1. The zero-order valence-corrected chi connectivity index (χ0v) is 12.0. The van der Waals surface area contributed by atoms with E-state index >= 15 is 0 Å². The molecule has 0 aliphatic rings. The van der Waals surface area contributed by atoms with Crippen LogP contribution in [0.4, 0.5) is 5.69 Å². The second-order valence-corrected chi connectivity index (χ2v) is 4.77. The summed E-state index contributed by atoms with van der Waals surface area (Å²) in [5, 5.41) is 15.1. The van der Waals surface area contributed by atoms with Crippen LogP contribution in [0.15, 0.2) is 60.7 Å². The molecule has 0 saturated heterocycles. The number of rotatable bonds is 6. The lowest BCUT2D eigenvalue weighted by molar-refractivity contribution is -0.129. The first-order valence-electron chi connectivity index (χ1n) is 7.02. The third kappa shape index (κ3) is 4.71. The lowest BCUT2D eigenvalue weighted by Gasteiger charge is -2.11. The summed E-state index contributed by atoms with van der Waals surface area (Å²) in [7, 11) is 0. The predicted octanol–water partition coefficient (Wildman–Crippen LogP) is 1.86. The first-order valence-corrected chi connectivity index (χ1v) is 7.02. The molecule has 0 heterocycles. The number of carbonyl (C=O) groups excluding carboxylic acids is 2. The monoisotopic (exact) mass is 298 g/mol. The summed E-state index contributed by atoms with van der Waals surface area (Å²) < 4.78 is 0. The van der Waals surface area contributed by atoms with Crippen molar-refractivity contribution in [2.24, 2.45) is 0 Å². The van der Waals surface area contributed by atoms with Gasteiger partial charge in [0, 0.05) is 18.7 Å². The van der Waals surface area contributed by atoms with Crippen molar-refractivity contribution in [2.75, 3.05) is 11.9 Å². The van der Waals surface area contributed by atoms with Gasteiger partial charge in [-0.25, -0.2) is 0 Å². The van der Waals surface area contributed by atoms with Crippen molar-refractivity contribution in [3.8, 4) is 0 Å². The highest BCUT2D eigenvalue weighted by molar-refractivity contribution is 5.91. The van der Waals surface area contributed by atoms with Gasteiger partial charge in [0.15, 0.2) is 6.10 Å². The smallest absolute Gasteiger partial charge is 0.253 e. The minimum absolute atomic E-state index is 0.141. The molecule has 0 aliphatic carbocycles. The second-order valence-electron chi connectivity index (χ2n) is 4.77. The fourth-order valence-corrected chi connectivity index (χ4v) is 1.93. The number of carbonyl (C=O) groups is 2. The SMILES string of the molecule is O=C(CCNC(=O)C(O)c1ccccc1)Nc1ccccc1. The van der Waals surface area contributed by atoms with E-state index in [1.807, 2.05) is 24.3 Å². The van der Waals surface area contributed by atoms with Gasteiger partial charge < -0.3 is 15.7 Å². The molecule has 22 heavy (non-hydrogen) atoms. The van der Waals surface area contributed by atoms with Crippen LogP contribution in [0.3, 0.4) is 0 Å². The minimum atomic E-state index is -1.22. The highest BCUT2D eigenvalue weighted by Crippen LogP contribution is 2.11. The fraction of sp³-hybridized carbons (Fsp3) is 0.176. The van der Waals surface area contributed by atoms with E-state index in [-0.39, 0.29) is 18.9 Å². The molecule has 0 bridgehead atoms. The lowest BCUT2D eigenvalue weighted by atomic mass is 10.1. The van der Waals surface area contributed by atoms with E-state index in [4.69, 9.17) is 0 Å². The number of nitrogens with one attached hydrogen (secondary N) is 2. The van der Waals surface area contributed by atoms with Crippen LogP contribution in [0.25, 0.3) is 0 Å². The average molecular weight is 298 g/mol. The number of aliphatic hydroxyl groups is 1. The molecule has 0 aromatic heterocycles. The summed E-state index contributed by atoms with van der Waals surface area (Å²) >= 11 is 0. The molecule has 0 fully saturated rings. The first-order chi connectivity index (χ1) is 10.7. The Hall–Kier alpha value is -2.66. The maximum absolute atomic E-state index is 11.8. The summed E-state index contributed by atoms with van der Waals surface area (Å²) in [6.45, 7) is 0.168. The molecule has 1 unspecified atom stereocenters. The van der Waals surface area contributed by atoms with Crippen LogP contribution in [0.5, 0.6) is 0 Å². The van der Waals surface area contributed by atoms with Gasteiger partial charge in [-0.15, -0.1) is 0 Å². The fourth-order valence-electron chi connectivity index (χ4n) is 1.93. The van der Waals surface area contributed by atoms with Crippen LogP contribution in [-0.2, 0) is 9.59 Å². The number of aliphatic hydroxyl groups excluding tert-OH is 1. The third-order valence-electron chi connectivity index (χ3n) is 3.07. The van der Waals surface area contributed by atoms with Crippen molar-refractivity contribution in [2.45, 2.75) is 12.5 Å². The molecule has 2 aromatic carbocycles. The maximum Gasteiger partial charge on any atom is 0.253 e. The van der Waals surface area contributed by atoms with Crippen LogP contribution in [0, 0.1) is 0 Å². The van der Waals surface area contributed by atoms with Crippen LogP contribution in [0.2, 0.25) is 0 Å². The Morgan fingerprint density at radius 2 is 1.55 bits per heavy atom. The van der Waals surface area contributed by atoms with E-state index in [1.54, 1.807) is 36.4 Å². The molecule has 0 spiro atoms. The van der Waals surface area contributed by atoms with Crippen LogP contribution in [-0.4, -0.2) is 23.5 Å². The van der Waals surface area contributed by atoms with Gasteiger partial charge in [0.05, 0.1) is 0 Å². The Kier molecular flexibility index (Phi) is 5.68. The Morgan fingerprint density at radius 1 is 0.955 bits per heavy atom. The Morgan fingerprint density at radius 3 is 2.18 bits per heavy atom. The molecular formula is C17H18N2O3. The van der Waals surface area contributed by atoms with Gasteiger partial charge in [-0.3, -0.25) is 9.59 Å². The largest absolute Gasteiger partial charge is 0.378 e. The molecule has 2 aromatic rings. The molecule has 0 radical (unpaired) electrons. The number of hydrogen-bond acceptors (Lipinski definition) is 3. The van der Waals surface area contributed by atoms with E-state index in [1.165, 1.54) is 0 Å². The summed E-state index contributed by atoms with van der Waals surface area (Å²) in [5.74, 6) is -0.709. The van der Waals surface area contributed by atoms with Gasteiger partial charge in [-0.1, -0.05) is 48.5 Å². The average Bonchev–Trinajstić information content (AvgIpc) is 2.55. The molecule has 5 nitrogen and oxygen atoms in total. The summed E-state index contributed by atoms with van der Waals surface area (Å²) in [4.78, 5) is 23.5. The predicted molar refractivity (Wildman–Crippen MR) is 84.1 cm³/mol. The number of hydrogen-bond donors (Lipinski definition) is 3. The quantitative estimate of drug-likeness (QED) is 0.761. The van der Waals surface area contributed by atoms with Gasteiger partial charge in [-0.05, 0) is 17.7 Å². The van der Waals surface area contributed by atoms with Crippen molar-refractivity contribution in [1.29, 1.82) is 0 Å². The van der Waals surface area contributed by atoms with Gasteiger partial charge in [0.1, 0.15) is 0 Å². The summed E-state index contributed by atoms with van der Waals surface area (Å²) in [6, 6.07) is 17.7. The van der Waals surface area contributed by atoms with Crippen molar-refractivity contribution in [1.82, 2.24) is 5.32 Å². The highest BCUT2D eigenvalue weighted by atomic mass is 16.3. The molecule has 114 valence electrons. The van der Waals surface area contributed by atoms with E-state index in [2.05, 4.69) is 10.6 Å². The van der Waals surface area contributed by atoms with Crippen molar-refractivity contribution in [3.05, 3.63) is 66.2 Å². The molecule has 5 heteroatoms.